The zero-order chi connectivity index (χ0) is 17.4. The van der Waals surface area contributed by atoms with Crippen LogP contribution in [0.25, 0.3) is 11.0 Å². The number of nitrogens with one attached hydrogen (secondary N) is 1. The molecule has 0 bridgehead atoms. The van der Waals surface area contributed by atoms with E-state index in [0.717, 1.165) is 11.9 Å². The zero-order valence-electron chi connectivity index (χ0n) is 13.7. The fraction of sp³-hybridized carbons (Fsp3) is 0.158. The molecule has 1 aliphatic rings. The Kier molecular flexibility index (Phi) is 3.65. The molecule has 1 aromatic heterocycles. The standard InChI is InChI=1S/C19H16N3O3/c1-2-11-25-14-9-7-13(8-10-14)21-18(23)17-12-20-15-5-3-4-6-16(15)22(17)19(21)24/h3-10,12H,2,11H2,1H3/q+1/p+1. The van der Waals surface area contributed by atoms with Gasteiger partial charge >= 0.3 is 11.9 Å². The van der Waals surface area contributed by atoms with Gasteiger partial charge in [-0.2, -0.15) is 4.79 Å². The molecular formula is C19H17N3O3+2. The van der Waals surface area contributed by atoms with Gasteiger partial charge in [-0.15, -0.1) is 9.47 Å². The van der Waals surface area contributed by atoms with E-state index >= 15 is 0 Å². The van der Waals surface area contributed by atoms with Crippen LogP contribution in [-0.2, 0) is 0 Å². The Morgan fingerprint density at radius 3 is 2.60 bits per heavy atom. The van der Waals surface area contributed by atoms with Gasteiger partial charge in [-0.25, -0.2) is 9.78 Å². The highest BCUT2D eigenvalue weighted by molar-refractivity contribution is 6.21. The lowest BCUT2D eigenvalue weighted by atomic mass is 10.2. The number of imide groups is 1. The molecule has 0 aliphatic carbocycles. The number of aromatic nitrogens is 2. The summed E-state index contributed by atoms with van der Waals surface area (Å²) < 4.78 is 6.99. The van der Waals surface area contributed by atoms with Crippen LogP contribution in [0.15, 0.2) is 54.7 Å². The first kappa shape index (κ1) is 15.3. The lowest BCUT2D eigenvalue weighted by Crippen LogP contribution is -2.47. The van der Waals surface area contributed by atoms with Crippen LogP contribution >= 0.6 is 0 Å². The number of anilines is 1. The smallest absolute Gasteiger partial charge is 0.494 e. The molecule has 0 saturated carbocycles. The number of amides is 2. The largest absolute Gasteiger partial charge is 0.512 e. The van der Waals surface area contributed by atoms with Crippen molar-refractivity contribution < 1.29 is 23.9 Å². The molecule has 6 nitrogen and oxygen atoms in total. The number of ether oxygens (including phenoxy) is 1. The predicted octanol–water partition coefficient (Wildman–Crippen LogP) is 2.36. The molecule has 124 valence electrons. The van der Waals surface area contributed by atoms with Crippen molar-refractivity contribution in [1.82, 2.24) is 0 Å². The quantitative estimate of drug-likeness (QED) is 0.688. The van der Waals surface area contributed by atoms with E-state index < -0.39 is 0 Å². The number of aromatic amines is 1. The Morgan fingerprint density at radius 1 is 1.08 bits per heavy atom. The van der Waals surface area contributed by atoms with Crippen LogP contribution in [0.3, 0.4) is 0 Å². The first-order valence-electron chi connectivity index (χ1n) is 8.18. The van der Waals surface area contributed by atoms with E-state index in [2.05, 4.69) is 4.98 Å². The Balaban J connectivity index is 1.74. The van der Waals surface area contributed by atoms with Gasteiger partial charge in [0.25, 0.3) is 11.2 Å². The number of benzene rings is 2. The molecule has 4 rings (SSSR count). The van der Waals surface area contributed by atoms with Gasteiger partial charge in [0.15, 0.2) is 0 Å². The average molecular weight is 335 g/mol. The number of H-pyrrole nitrogens is 1. The van der Waals surface area contributed by atoms with Crippen molar-refractivity contribution in [2.24, 2.45) is 0 Å². The summed E-state index contributed by atoms with van der Waals surface area (Å²) in [6.45, 7) is 2.66. The molecule has 0 atom stereocenters. The van der Waals surface area contributed by atoms with Crippen molar-refractivity contribution in [3.63, 3.8) is 0 Å². The number of rotatable bonds is 4. The number of hydrogen-bond acceptors (Lipinski definition) is 3. The third-order valence-electron chi connectivity index (χ3n) is 4.12. The second-order valence-electron chi connectivity index (χ2n) is 5.79. The maximum atomic E-state index is 12.9. The number of para-hydroxylation sites is 2. The summed E-state index contributed by atoms with van der Waals surface area (Å²) in [5.41, 5.74) is 2.29. The maximum Gasteiger partial charge on any atom is 0.512 e. The van der Waals surface area contributed by atoms with Crippen molar-refractivity contribution in [3.8, 4) is 5.75 Å². The molecule has 0 fully saturated rings. The van der Waals surface area contributed by atoms with Gasteiger partial charge in [0.1, 0.15) is 11.4 Å². The van der Waals surface area contributed by atoms with Crippen LogP contribution in [0, 0.1) is 0 Å². The third kappa shape index (κ3) is 2.42. The Hall–Kier alpha value is -3.28. The normalized spacial score (nSPS) is 13.4. The SMILES string of the molecule is CCCOc1ccc(N2C(=O)c3c[nH+]c4ccccc4[n+]3C2=O)cc1. The summed E-state index contributed by atoms with van der Waals surface area (Å²) in [6, 6.07) is 14.0. The van der Waals surface area contributed by atoms with Crippen molar-refractivity contribution in [1.29, 1.82) is 0 Å². The van der Waals surface area contributed by atoms with Crippen molar-refractivity contribution in [2.45, 2.75) is 13.3 Å². The summed E-state index contributed by atoms with van der Waals surface area (Å²) in [5.74, 6) is 0.364. The summed E-state index contributed by atoms with van der Waals surface area (Å²) >= 11 is 0. The molecule has 0 unspecified atom stereocenters. The summed E-state index contributed by atoms with van der Waals surface area (Å²) in [7, 11) is 0. The number of carbonyl (C=O) groups is 2. The van der Waals surface area contributed by atoms with Crippen LogP contribution in [0.5, 0.6) is 5.75 Å². The molecule has 0 radical (unpaired) electrons. The van der Waals surface area contributed by atoms with E-state index in [1.165, 1.54) is 9.47 Å². The van der Waals surface area contributed by atoms with Gasteiger partial charge in [-0.1, -0.05) is 19.1 Å². The molecule has 2 aromatic carbocycles. The van der Waals surface area contributed by atoms with E-state index in [0.29, 0.717) is 29.3 Å². The van der Waals surface area contributed by atoms with Crippen LogP contribution in [0.4, 0.5) is 10.5 Å². The van der Waals surface area contributed by atoms with E-state index in [9.17, 15) is 9.59 Å². The molecule has 0 saturated heterocycles. The highest BCUT2D eigenvalue weighted by atomic mass is 16.5. The number of nitrogens with zero attached hydrogens (tertiary/aromatic N) is 2. The van der Waals surface area contributed by atoms with E-state index in [1.54, 1.807) is 30.5 Å². The van der Waals surface area contributed by atoms with Crippen molar-refractivity contribution in [3.05, 3.63) is 60.4 Å². The predicted molar refractivity (Wildman–Crippen MR) is 90.5 cm³/mol. The van der Waals surface area contributed by atoms with Crippen molar-refractivity contribution >= 4 is 28.7 Å². The monoisotopic (exact) mass is 335 g/mol. The number of hydrogen-bond donors (Lipinski definition) is 0. The highest BCUT2D eigenvalue weighted by Crippen LogP contribution is 2.24. The lowest BCUT2D eigenvalue weighted by Gasteiger charge is -2.07. The Morgan fingerprint density at radius 2 is 1.84 bits per heavy atom. The fourth-order valence-electron chi connectivity index (χ4n) is 2.94. The molecule has 1 N–H and O–H groups in total. The first-order valence-corrected chi connectivity index (χ1v) is 8.18. The second kappa shape index (κ2) is 5.98. The average Bonchev–Trinajstić information content (AvgIpc) is 2.91. The van der Waals surface area contributed by atoms with Crippen LogP contribution in [-0.4, -0.2) is 18.5 Å². The Bertz CT molecular complexity index is 983. The van der Waals surface area contributed by atoms with Gasteiger partial charge in [0.2, 0.25) is 11.7 Å². The van der Waals surface area contributed by atoms with E-state index in [1.807, 2.05) is 31.2 Å². The minimum absolute atomic E-state index is 0.315. The van der Waals surface area contributed by atoms with Crippen LogP contribution in [0.1, 0.15) is 23.8 Å². The van der Waals surface area contributed by atoms with Crippen molar-refractivity contribution in [2.75, 3.05) is 11.5 Å². The molecule has 25 heavy (non-hydrogen) atoms. The molecule has 0 spiro atoms. The lowest BCUT2D eigenvalue weighted by molar-refractivity contribution is -0.551. The third-order valence-corrected chi connectivity index (χ3v) is 4.12. The minimum atomic E-state index is -0.382. The summed E-state index contributed by atoms with van der Waals surface area (Å²) in [4.78, 5) is 29.9. The fourth-order valence-corrected chi connectivity index (χ4v) is 2.94. The van der Waals surface area contributed by atoms with Gasteiger partial charge < -0.3 is 4.74 Å². The minimum Gasteiger partial charge on any atom is -0.494 e. The first-order chi connectivity index (χ1) is 12.2. The summed E-state index contributed by atoms with van der Waals surface area (Å²) in [6.07, 6.45) is 2.49. The van der Waals surface area contributed by atoms with E-state index in [-0.39, 0.29) is 11.9 Å². The van der Waals surface area contributed by atoms with Gasteiger partial charge in [0.05, 0.1) is 6.61 Å². The number of fused-ring (bicyclic) bond motifs is 3. The van der Waals surface area contributed by atoms with Gasteiger partial charge in [-0.05, 0) is 36.8 Å². The Labute approximate surface area is 144 Å². The molecule has 1 aliphatic heterocycles. The maximum absolute atomic E-state index is 12.9. The molecular weight excluding hydrogens is 318 g/mol. The van der Waals surface area contributed by atoms with E-state index in [4.69, 9.17) is 4.74 Å². The molecule has 2 amide bonds. The van der Waals surface area contributed by atoms with Gasteiger partial charge in [0, 0.05) is 6.07 Å². The molecule has 6 heteroatoms. The van der Waals surface area contributed by atoms with Gasteiger partial charge in [-0.3, -0.25) is 0 Å². The highest BCUT2D eigenvalue weighted by Gasteiger charge is 2.49. The molecule has 2 heterocycles. The van der Waals surface area contributed by atoms with Crippen LogP contribution < -0.4 is 19.2 Å². The topological polar surface area (TPSA) is 64.6 Å². The second-order valence-corrected chi connectivity index (χ2v) is 5.79. The summed E-state index contributed by atoms with van der Waals surface area (Å²) in [5, 5.41) is 0. The van der Waals surface area contributed by atoms with Crippen LogP contribution in [0.2, 0.25) is 0 Å². The number of carbonyl (C=O) groups excluding carboxylic acids is 2. The zero-order valence-corrected chi connectivity index (χ0v) is 13.7. The molecule has 3 aromatic rings.